The van der Waals surface area contributed by atoms with Crippen LogP contribution in [-0.4, -0.2) is 41.1 Å². The first-order valence-corrected chi connectivity index (χ1v) is 6.16. The summed E-state index contributed by atoms with van der Waals surface area (Å²) in [5.41, 5.74) is 0. The molecule has 1 aromatic heterocycles. The van der Waals surface area contributed by atoms with Gasteiger partial charge < -0.3 is 19.2 Å². The number of nitrogens with zero attached hydrogens (tertiary/aromatic N) is 1. The Morgan fingerprint density at radius 3 is 2.58 bits per heavy atom. The van der Waals surface area contributed by atoms with E-state index in [-0.39, 0.29) is 5.91 Å². The van der Waals surface area contributed by atoms with Gasteiger partial charge in [0.15, 0.2) is 6.10 Å². The molecule has 2 heterocycles. The van der Waals surface area contributed by atoms with Crippen molar-refractivity contribution < 1.29 is 23.8 Å². The molecule has 1 aliphatic rings. The van der Waals surface area contributed by atoms with Gasteiger partial charge in [-0.3, -0.25) is 4.79 Å². The zero-order chi connectivity index (χ0) is 14.0. The third kappa shape index (κ3) is 3.14. The Morgan fingerprint density at radius 2 is 2.05 bits per heavy atom. The fourth-order valence-corrected chi connectivity index (χ4v) is 2.13. The largest absolute Gasteiger partial charge is 0.479 e. The summed E-state index contributed by atoms with van der Waals surface area (Å²) in [5.74, 6) is 0.262. The van der Waals surface area contributed by atoms with E-state index in [0.717, 1.165) is 5.76 Å². The molecule has 6 heteroatoms. The number of amides is 1. The molecule has 0 saturated carbocycles. The molecule has 0 unspecified atom stereocenters. The number of ether oxygens (including phenoxy) is 1. The maximum atomic E-state index is 12.1. The number of carboxylic acid groups (broad SMARTS) is 1. The molecule has 1 saturated heterocycles. The fraction of sp³-hybridized carbons (Fsp3) is 0.538. The van der Waals surface area contributed by atoms with E-state index in [1.165, 1.54) is 4.90 Å². The van der Waals surface area contributed by atoms with Crippen molar-refractivity contribution in [2.24, 2.45) is 0 Å². The summed E-state index contributed by atoms with van der Waals surface area (Å²) in [6.45, 7) is 2.19. The van der Waals surface area contributed by atoms with E-state index in [4.69, 9.17) is 14.3 Å². The van der Waals surface area contributed by atoms with Crippen LogP contribution in [0.1, 0.15) is 24.4 Å². The molecule has 2 atom stereocenters. The van der Waals surface area contributed by atoms with Crippen molar-refractivity contribution in [3.8, 4) is 0 Å². The van der Waals surface area contributed by atoms with Gasteiger partial charge in [0.2, 0.25) is 0 Å². The van der Waals surface area contributed by atoms with Gasteiger partial charge in [-0.25, -0.2) is 4.79 Å². The number of hydrogen-bond donors (Lipinski definition) is 1. The molecule has 2 rings (SSSR count). The third-order valence-electron chi connectivity index (χ3n) is 3.14. The second-order valence-electron chi connectivity index (χ2n) is 4.74. The van der Waals surface area contributed by atoms with Gasteiger partial charge in [0.05, 0.1) is 6.54 Å². The Kier molecular flexibility index (Phi) is 3.90. The molecule has 19 heavy (non-hydrogen) atoms. The molecule has 1 amide bonds. The van der Waals surface area contributed by atoms with Gasteiger partial charge in [-0.05, 0) is 31.9 Å². The van der Waals surface area contributed by atoms with Crippen LogP contribution in [0.2, 0.25) is 0 Å². The highest BCUT2D eigenvalue weighted by atomic mass is 16.5. The Hall–Kier alpha value is -1.82. The highest BCUT2D eigenvalue weighted by molar-refractivity contribution is 5.82. The number of aliphatic carboxylic acids is 1. The van der Waals surface area contributed by atoms with Gasteiger partial charge in [0, 0.05) is 7.05 Å². The van der Waals surface area contributed by atoms with Crippen molar-refractivity contribution in [1.29, 1.82) is 0 Å². The molecule has 0 bridgehead atoms. The van der Waals surface area contributed by atoms with Crippen molar-refractivity contribution in [3.05, 3.63) is 23.7 Å². The molecule has 0 aromatic carbocycles. The third-order valence-corrected chi connectivity index (χ3v) is 3.14. The Morgan fingerprint density at radius 1 is 1.37 bits per heavy atom. The lowest BCUT2D eigenvalue weighted by atomic mass is 10.2. The molecule has 104 valence electrons. The standard InChI is InChI=1S/C13H17NO5/c1-8-3-4-9(18-8)7-14(2)12(15)10-5-6-11(19-10)13(16)17/h3-4,10-11H,5-7H2,1-2H3,(H,16,17)/t10-,11+/m0/s1. The molecule has 1 aliphatic heterocycles. The topological polar surface area (TPSA) is 80.0 Å². The van der Waals surface area contributed by atoms with Crippen LogP contribution in [-0.2, 0) is 20.9 Å². The number of carbonyl (C=O) groups is 2. The van der Waals surface area contributed by atoms with Crippen LogP contribution in [0, 0.1) is 6.92 Å². The lowest BCUT2D eigenvalue weighted by molar-refractivity contribution is -0.154. The van der Waals surface area contributed by atoms with Gasteiger partial charge >= 0.3 is 5.97 Å². The minimum Gasteiger partial charge on any atom is -0.479 e. The first-order valence-electron chi connectivity index (χ1n) is 6.16. The Bertz CT molecular complexity index is 481. The maximum absolute atomic E-state index is 12.1. The second kappa shape index (κ2) is 5.44. The van der Waals surface area contributed by atoms with Crippen LogP contribution < -0.4 is 0 Å². The van der Waals surface area contributed by atoms with Crippen molar-refractivity contribution in [2.45, 2.75) is 38.5 Å². The van der Waals surface area contributed by atoms with Gasteiger partial charge in [-0.1, -0.05) is 0 Å². The van der Waals surface area contributed by atoms with Crippen LogP contribution >= 0.6 is 0 Å². The van der Waals surface area contributed by atoms with E-state index in [0.29, 0.717) is 25.1 Å². The van der Waals surface area contributed by atoms with Crippen LogP contribution in [0.25, 0.3) is 0 Å². The van der Waals surface area contributed by atoms with Crippen LogP contribution in [0.15, 0.2) is 16.5 Å². The number of aryl methyl sites for hydroxylation is 1. The molecule has 1 aromatic rings. The minimum absolute atomic E-state index is 0.210. The van der Waals surface area contributed by atoms with E-state index in [1.54, 1.807) is 7.05 Å². The average molecular weight is 267 g/mol. The monoisotopic (exact) mass is 267 g/mol. The Balaban J connectivity index is 1.91. The lowest BCUT2D eigenvalue weighted by Crippen LogP contribution is -2.36. The van der Waals surface area contributed by atoms with Gasteiger partial charge in [0.1, 0.15) is 17.6 Å². The summed E-state index contributed by atoms with van der Waals surface area (Å²) < 4.78 is 10.6. The number of rotatable bonds is 4. The van der Waals surface area contributed by atoms with Crippen molar-refractivity contribution >= 4 is 11.9 Å². The number of hydrogen-bond acceptors (Lipinski definition) is 4. The molecule has 0 radical (unpaired) electrons. The van der Waals surface area contributed by atoms with E-state index in [2.05, 4.69) is 0 Å². The van der Waals surface area contributed by atoms with E-state index in [9.17, 15) is 9.59 Å². The predicted molar refractivity (Wildman–Crippen MR) is 65.4 cm³/mol. The minimum atomic E-state index is -1.01. The van der Waals surface area contributed by atoms with Crippen LogP contribution in [0.5, 0.6) is 0 Å². The van der Waals surface area contributed by atoms with Crippen LogP contribution in [0.3, 0.4) is 0 Å². The zero-order valence-corrected chi connectivity index (χ0v) is 11.0. The fourth-order valence-electron chi connectivity index (χ4n) is 2.13. The smallest absolute Gasteiger partial charge is 0.332 e. The zero-order valence-electron chi connectivity index (χ0n) is 11.0. The van der Waals surface area contributed by atoms with E-state index < -0.39 is 18.2 Å². The number of likely N-dealkylation sites (N-methyl/N-ethyl adjacent to an activating group) is 1. The highest BCUT2D eigenvalue weighted by Crippen LogP contribution is 2.22. The summed E-state index contributed by atoms with van der Waals surface area (Å²) in [5, 5.41) is 8.82. The SMILES string of the molecule is Cc1ccc(CN(C)C(=O)[C@@H]2CC[C@H](C(=O)O)O2)o1. The predicted octanol–water partition coefficient (Wildman–Crippen LogP) is 1.18. The summed E-state index contributed by atoms with van der Waals surface area (Å²) in [7, 11) is 1.65. The van der Waals surface area contributed by atoms with Crippen molar-refractivity contribution in [1.82, 2.24) is 4.90 Å². The average Bonchev–Trinajstić information content (AvgIpc) is 2.97. The summed E-state index contributed by atoms with van der Waals surface area (Å²) >= 11 is 0. The summed E-state index contributed by atoms with van der Waals surface area (Å²) in [6, 6.07) is 3.65. The van der Waals surface area contributed by atoms with Gasteiger partial charge in [-0.15, -0.1) is 0 Å². The first kappa shape index (κ1) is 13.6. The van der Waals surface area contributed by atoms with Gasteiger partial charge in [-0.2, -0.15) is 0 Å². The number of carboxylic acids is 1. The molecule has 1 fully saturated rings. The van der Waals surface area contributed by atoms with E-state index in [1.807, 2.05) is 19.1 Å². The van der Waals surface area contributed by atoms with Crippen molar-refractivity contribution in [3.63, 3.8) is 0 Å². The molecule has 1 N–H and O–H groups in total. The molecule has 0 aliphatic carbocycles. The molecule has 6 nitrogen and oxygen atoms in total. The maximum Gasteiger partial charge on any atom is 0.332 e. The molecule has 0 spiro atoms. The second-order valence-corrected chi connectivity index (χ2v) is 4.74. The first-order chi connectivity index (χ1) is 8.97. The van der Waals surface area contributed by atoms with Crippen molar-refractivity contribution in [2.75, 3.05) is 7.05 Å². The molecular weight excluding hydrogens is 250 g/mol. The quantitative estimate of drug-likeness (QED) is 0.886. The van der Waals surface area contributed by atoms with E-state index >= 15 is 0 Å². The Labute approximate surface area is 110 Å². The highest BCUT2D eigenvalue weighted by Gasteiger charge is 2.36. The van der Waals surface area contributed by atoms with Gasteiger partial charge in [0.25, 0.3) is 5.91 Å². The normalized spacial score (nSPS) is 22.4. The number of furan rings is 1. The van der Waals surface area contributed by atoms with Crippen LogP contribution in [0.4, 0.5) is 0 Å². The summed E-state index contributed by atoms with van der Waals surface area (Å²) in [6.07, 6.45) is -0.716. The lowest BCUT2D eigenvalue weighted by Gasteiger charge is -2.19. The number of carbonyl (C=O) groups excluding carboxylic acids is 1. The summed E-state index contributed by atoms with van der Waals surface area (Å²) in [4.78, 5) is 24.4. The molecular formula is C13H17NO5.